The second kappa shape index (κ2) is 8.14. The van der Waals surface area contributed by atoms with Crippen molar-refractivity contribution in [2.24, 2.45) is 0 Å². The second-order valence-electron chi connectivity index (χ2n) is 5.17. The summed E-state index contributed by atoms with van der Waals surface area (Å²) in [6, 6.07) is 15.3. The Bertz CT molecular complexity index is 993. The molecule has 3 aromatic rings. The first-order chi connectivity index (χ1) is 12.5. The van der Waals surface area contributed by atoms with Gasteiger partial charge >= 0.3 is 0 Å². The molecule has 134 valence electrons. The minimum atomic E-state index is -3.90. The Morgan fingerprint density at radius 3 is 2.46 bits per heavy atom. The van der Waals surface area contributed by atoms with Crippen molar-refractivity contribution in [1.82, 2.24) is 4.98 Å². The highest BCUT2D eigenvalue weighted by atomic mass is 127. The molecule has 26 heavy (non-hydrogen) atoms. The van der Waals surface area contributed by atoms with E-state index in [0.29, 0.717) is 5.69 Å². The highest BCUT2D eigenvalue weighted by Crippen LogP contribution is 2.25. The monoisotopic (exact) mass is 499 g/mol. The van der Waals surface area contributed by atoms with E-state index in [-0.39, 0.29) is 16.6 Å². The van der Waals surface area contributed by atoms with Gasteiger partial charge in [0.05, 0.1) is 10.6 Å². The molecular formula is C17H14IN3O3S2. The molecule has 0 aliphatic carbocycles. The fourth-order valence-corrected chi connectivity index (χ4v) is 4.99. The van der Waals surface area contributed by atoms with Crippen LogP contribution in [0.1, 0.15) is 0 Å². The van der Waals surface area contributed by atoms with E-state index in [4.69, 9.17) is 0 Å². The van der Waals surface area contributed by atoms with Crippen LogP contribution in [-0.2, 0) is 14.8 Å². The van der Waals surface area contributed by atoms with Crippen LogP contribution < -0.4 is 9.62 Å². The highest BCUT2D eigenvalue weighted by Gasteiger charge is 2.28. The highest BCUT2D eigenvalue weighted by molar-refractivity contribution is 14.1. The summed E-state index contributed by atoms with van der Waals surface area (Å²) in [5.74, 6) is -0.441. The van der Waals surface area contributed by atoms with Gasteiger partial charge in [0.25, 0.3) is 10.0 Å². The number of rotatable bonds is 6. The Morgan fingerprint density at radius 1 is 1.12 bits per heavy atom. The van der Waals surface area contributed by atoms with Crippen molar-refractivity contribution in [3.8, 4) is 0 Å². The van der Waals surface area contributed by atoms with Crippen molar-refractivity contribution in [1.29, 1.82) is 0 Å². The third-order valence-corrected chi connectivity index (χ3v) is 7.00. The summed E-state index contributed by atoms with van der Waals surface area (Å²) < 4.78 is 27.9. The van der Waals surface area contributed by atoms with Gasteiger partial charge in [0.15, 0.2) is 5.13 Å². The van der Waals surface area contributed by atoms with Crippen molar-refractivity contribution in [2.45, 2.75) is 4.90 Å². The first kappa shape index (κ1) is 18.8. The SMILES string of the molecule is O=C(CN(c1nccs1)S(=O)(=O)c1ccccc1)Nc1ccccc1I. The minimum absolute atomic E-state index is 0.109. The molecule has 9 heteroatoms. The normalized spacial score (nSPS) is 11.1. The van der Waals surface area contributed by atoms with E-state index in [9.17, 15) is 13.2 Å². The van der Waals surface area contributed by atoms with E-state index < -0.39 is 15.9 Å². The third kappa shape index (κ3) is 4.22. The fourth-order valence-electron chi connectivity index (χ4n) is 2.20. The molecule has 0 aliphatic rings. The number of para-hydroxylation sites is 1. The zero-order valence-corrected chi connectivity index (χ0v) is 17.2. The van der Waals surface area contributed by atoms with Crippen LogP contribution in [-0.4, -0.2) is 25.9 Å². The van der Waals surface area contributed by atoms with Crippen molar-refractivity contribution >= 4 is 60.7 Å². The summed E-state index contributed by atoms with van der Waals surface area (Å²) in [4.78, 5) is 16.7. The molecule has 6 nitrogen and oxygen atoms in total. The van der Waals surface area contributed by atoms with Gasteiger partial charge in [-0.1, -0.05) is 30.3 Å². The molecule has 0 aliphatic heterocycles. The lowest BCUT2D eigenvalue weighted by Gasteiger charge is -2.21. The molecule has 0 saturated heterocycles. The molecule has 0 spiro atoms. The van der Waals surface area contributed by atoms with Crippen LogP contribution in [0, 0.1) is 3.57 Å². The predicted octanol–water partition coefficient (Wildman–Crippen LogP) is 3.58. The molecule has 1 aromatic heterocycles. The summed E-state index contributed by atoms with van der Waals surface area (Å²) in [6.45, 7) is -0.365. The summed E-state index contributed by atoms with van der Waals surface area (Å²) in [7, 11) is -3.90. The van der Waals surface area contributed by atoms with Crippen LogP contribution in [0.25, 0.3) is 0 Å². The van der Waals surface area contributed by atoms with Crippen molar-refractivity contribution in [3.63, 3.8) is 0 Å². The summed E-state index contributed by atoms with van der Waals surface area (Å²) in [6.07, 6.45) is 1.51. The number of carbonyl (C=O) groups excluding carboxylic acids is 1. The van der Waals surface area contributed by atoms with E-state index in [0.717, 1.165) is 19.2 Å². The average Bonchev–Trinajstić information content (AvgIpc) is 3.16. The number of nitrogens with one attached hydrogen (secondary N) is 1. The molecule has 0 atom stereocenters. The van der Waals surface area contributed by atoms with Gasteiger partial charge in [0, 0.05) is 15.1 Å². The maximum atomic E-state index is 13.0. The Morgan fingerprint density at radius 2 is 1.81 bits per heavy atom. The molecule has 0 bridgehead atoms. The summed E-state index contributed by atoms with van der Waals surface area (Å²) in [5.41, 5.74) is 0.634. The van der Waals surface area contributed by atoms with Gasteiger partial charge in [-0.3, -0.25) is 4.79 Å². The maximum absolute atomic E-state index is 13.0. The standard InChI is InChI=1S/C17H14IN3O3S2/c18-14-8-4-5-9-15(14)20-16(22)12-21(17-19-10-11-25-17)26(23,24)13-6-2-1-3-7-13/h1-11H,12H2,(H,20,22). The smallest absolute Gasteiger partial charge is 0.266 e. The molecule has 0 unspecified atom stereocenters. The van der Waals surface area contributed by atoms with E-state index in [2.05, 4.69) is 32.9 Å². The third-order valence-electron chi connectivity index (χ3n) is 3.40. The molecule has 0 radical (unpaired) electrons. The number of thiazole rings is 1. The van der Waals surface area contributed by atoms with Crippen molar-refractivity contribution in [2.75, 3.05) is 16.2 Å². The Kier molecular flexibility index (Phi) is 5.89. The molecule has 2 aromatic carbocycles. The van der Waals surface area contributed by atoms with Crippen LogP contribution in [0.5, 0.6) is 0 Å². The molecule has 1 N–H and O–H groups in total. The van der Waals surface area contributed by atoms with Gasteiger partial charge < -0.3 is 5.32 Å². The van der Waals surface area contributed by atoms with E-state index in [1.807, 2.05) is 12.1 Å². The number of amides is 1. The zero-order chi connectivity index (χ0) is 18.6. The van der Waals surface area contributed by atoms with E-state index in [1.54, 1.807) is 35.7 Å². The van der Waals surface area contributed by atoms with Gasteiger partial charge in [-0.15, -0.1) is 11.3 Å². The van der Waals surface area contributed by atoms with Crippen LogP contribution in [0.2, 0.25) is 0 Å². The number of hydrogen-bond acceptors (Lipinski definition) is 5. The molecule has 3 rings (SSSR count). The first-order valence-electron chi connectivity index (χ1n) is 7.50. The number of carbonyl (C=O) groups is 1. The van der Waals surface area contributed by atoms with Crippen LogP contribution in [0.15, 0.2) is 71.1 Å². The summed E-state index contributed by atoms with van der Waals surface area (Å²) in [5, 5.41) is 4.66. The summed E-state index contributed by atoms with van der Waals surface area (Å²) >= 11 is 3.26. The molecule has 1 amide bonds. The first-order valence-corrected chi connectivity index (χ1v) is 10.9. The van der Waals surface area contributed by atoms with Crippen LogP contribution >= 0.6 is 33.9 Å². The Labute approximate surface area is 169 Å². The number of anilines is 2. The van der Waals surface area contributed by atoms with Crippen molar-refractivity contribution < 1.29 is 13.2 Å². The van der Waals surface area contributed by atoms with Gasteiger partial charge in [0.2, 0.25) is 5.91 Å². The molecule has 0 fully saturated rings. The zero-order valence-electron chi connectivity index (χ0n) is 13.4. The number of hydrogen-bond donors (Lipinski definition) is 1. The lowest BCUT2D eigenvalue weighted by Crippen LogP contribution is -2.38. The fraction of sp³-hybridized carbons (Fsp3) is 0.0588. The second-order valence-corrected chi connectivity index (χ2v) is 9.06. The van der Waals surface area contributed by atoms with Gasteiger partial charge in [-0.2, -0.15) is 0 Å². The van der Waals surface area contributed by atoms with Gasteiger partial charge in [-0.05, 0) is 46.9 Å². The number of sulfonamides is 1. The Hall–Kier alpha value is -1.98. The van der Waals surface area contributed by atoms with Crippen molar-refractivity contribution in [3.05, 3.63) is 69.7 Å². The molecule has 1 heterocycles. The lowest BCUT2D eigenvalue weighted by molar-refractivity contribution is -0.114. The van der Waals surface area contributed by atoms with E-state index in [1.165, 1.54) is 18.3 Å². The van der Waals surface area contributed by atoms with Crippen LogP contribution in [0.4, 0.5) is 10.8 Å². The largest absolute Gasteiger partial charge is 0.324 e. The number of halogens is 1. The van der Waals surface area contributed by atoms with Gasteiger partial charge in [-0.25, -0.2) is 17.7 Å². The molecule has 0 saturated carbocycles. The number of aromatic nitrogens is 1. The Balaban J connectivity index is 1.89. The maximum Gasteiger partial charge on any atom is 0.266 e. The van der Waals surface area contributed by atoms with E-state index >= 15 is 0 Å². The quantitative estimate of drug-likeness (QED) is 0.526. The molecular weight excluding hydrogens is 485 g/mol. The van der Waals surface area contributed by atoms with Crippen LogP contribution in [0.3, 0.4) is 0 Å². The minimum Gasteiger partial charge on any atom is -0.324 e. The average molecular weight is 499 g/mol. The lowest BCUT2D eigenvalue weighted by atomic mass is 10.3. The van der Waals surface area contributed by atoms with Gasteiger partial charge in [0.1, 0.15) is 6.54 Å². The number of nitrogens with zero attached hydrogens (tertiary/aromatic N) is 2. The predicted molar refractivity (Wildman–Crippen MR) is 111 cm³/mol. The number of benzene rings is 2. The topological polar surface area (TPSA) is 79.4 Å².